The summed E-state index contributed by atoms with van der Waals surface area (Å²) in [5, 5.41) is 13.4. The Balaban J connectivity index is 1.92. The van der Waals surface area contributed by atoms with Crippen LogP contribution in [0.2, 0.25) is 0 Å². The molecule has 0 aromatic carbocycles. The number of hydrogen-bond donors (Lipinski definition) is 1. The molecular formula is C10H14N2O3. The molecule has 0 saturated carbocycles. The second kappa shape index (κ2) is 3.66. The fourth-order valence-electron chi connectivity index (χ4n) is 1.91. The van der Waals surface area contributed by atoms with E-state index in [-0.39, 0.29) is 11.7 Å². The zero-order valence-corrected chi connectivity index (χ0v) is 8.64. The molecule has 0 atom stereocenters. The van der Waals surface area contributed by atoms with Crippen molar-refractivity contribution in [1.82, 2.24) is 10.1 Å². The molecule has 2 rings (SSSR count). The number of hydrogen-bond acceptors (Lipinski definition) is 4. The summed E-state index contributed by atoms with van der Waals surface area (Å²) in [4.78, 5) is 13.2. The molecule has 1 aromatic heterocycles. The molecule has 82 valence electrons. The van der Waals surface area contributed by atoms with E-state index in [1.54, 1.807) is 4.90 Å². The monoisotopic (exact) mass is 210 g/mol. The van der Waals surface area contributed by atoms with Gasteiger partial charge in [0.05, 0.1) is 24.9 Å². The molecule has 1 fully saturated rings. The first-order valence-electron chi connectivity index (χ1n) is 5.07. The third-order valence-electron chi connectivity index (χ3n) is 2.62. The number of β-amino-alcohol motifs (C(OH)–C–C–N with tert-alkyl or cyclic N) is 1. The van der Waals surface area contributed by atoms with Gasteiger partial charge in [0.2, 0.25) is 5.76 Å². The summed E-state index contributed by atoms with van der Waals surface area (Å²) >= 11 is 0. The third kappa shape index (κ3) is 1.87. The molecule has 15 heavy (non-hydrogen) atoms. The predicted octanol–water partition coefficient (Wildman–Crippen LogP) is 0.662. The Morgan fingerprint density at radius 1 is 1.73 bits per heavy atom. The van der Waals surface area contributed by atoms with Crippen molar-refractivity contribution in [3.05, 3.63) is 18.0 Å². The molecule has 0 bridgehead atoms. The van der Waals surface area contributed by atoms with E-state index in [1.807, 2.05) is 6.92 Å². The van der Waals surface area contributed by atoms with Crippen molar-refractivity contribution in [2.75, 3.05) is 13.1 Å². The highest BCUT2D eigenvalue weighted by Crippen LogP contribution is 2.26. The highest BCUT2D eigenvalue weighted by Gasteiger charge is 2.43. The number of amides is 1. The second-order valence-corrected chi connectivity index (χ2v) is 4.01. The van der Waals surface area contributed by atoms with Gasteiger partial charge in [-0.3, -0.25) is 4.79 Å². The first kappa shape index (κ1) is 10.2. The van der Waals surface area contributed by atoms with E-state index in [9.17, 15) is 9.90 Å². The fourth-order valence-corrected chi connectivity index (χ4v) is 1.91. The maximum absolute atomic E-state index is 11.7. The number of carbonyl (C=O) groups is 1. The van der Waals surface area contributed by atoms with Gasteiger partial charge in [0.25, 0.3) is 5.91 Å². The first-order chi connectivity index (χ1) is 7.14. The van der Waals surface area contributed by atoms with E-state index in [0.717, 1.165) is 12.8 Å². The molecule has 1 N–H and O–H groups in total. The molecular weight excluding hydrogens is 196 g/mol. The summed E-state index contributed by atoms with van der Waals surface area (Å²) in [6.07, 6.45) is 3.08. The maximum atomic E-state index is 11.7. The molecule has 5 heteroatoms. The van der Waals surface area contributed by atoms with Crippen molar-refractivity contribution in [3.8, 4) is 0 Å². The van der Waals surface area contributed by atoms with Gasteiger partial charge < -0.3 is 14.5 Å². The smallest absolute Gasteiger partial charge is 0.292 e. The summed E-state index contributed by atoms with van der Waals surface area (Å²) in [6, 6.07) is 1.53. The van der Waals surface area contributed by atoms with Crippen LogP contribution >= 0.6 is 0 Å². The number of rotatable bonds is 3. The lowest BCUT2D eigenvalue weighted by atomic mass is 9.89. The minimum atomic E-state index is -0.690. The Hall–Kier alpha value is -1.36. The number of nitrogens with zero attached hydrogens (tertiary/aromatic N) is 2. The van der Waals surface area contributed by atoms with Gasteiger partial charge in [-0.1, -0.05) is 18.5 Å². The average Bonchev–Trinajstić information content (AvgIpc) is 2.66. The Morgan fingerprint density at radius 3 is 3.00 bits per heavy atom. The van der Waals surface area contributed by atoms with Gasteiger partial charge >= 0.3 is 0 Å². The zero-order valence-electron chi connectivity index (χ0n) is 8.64. The Kier molecular flexibility index (Phi) is 2.48. The van der Waals surface area contributed by atoms with Gasteiger partial charge in [0.1, 0.15) is 0 Å². The fraction of sp³-hybridized carbons (Fsp3) is 0.600. The lowest BCUT2D eigenvalue weighted by molar-refractivity contribution is -0.0869. The third-order valence-corrected chi connectivity index (χ3v) is 2.62. The summed E-state index contributed by atoms with van der Waals surface area (Å²) < 4.78 is 4.76. The van der Waals surface area contributed by atoms with Crippen molar-refractivity contribution in [2.45, 2.75) is 25.4 Å². The van der Waals surface area contributed by atoms with Gasteiger partial charge in [-0.2, -0.15) is 0 Å². The molecule has 1 aromatic rings. The first-order valence-corrected chi connectivity index (χ1v) is 5.07. The zero-order chi connectivity index (χ0) is 10.9. The van der Waals surface area contributed by atoms with E-state index >= 15 is 0 Å². The quantitative estimate of drug-likeness (QED) is 0.795. The predicted molar refractivity (Wildman–Crippen MR) is 52.3 cm³/mol. The van der Waals surface area contributed by atoms with Crippen LogP contribution in [-0.2, 0) is 0 Å². The largest absolute Gasteiger partial charge is 0.386 e. The van der Waals surface area contributed by atoms with Gasteiger partial charge in [-0.15, -0.1) is 0 Å². The van der Waals surface area contributed by atoms with Crippen LogP contribution in [0.4, 0.5) is 0 Å². The number of carbonyl (C=O) groups excluding carboxylic acids is 1. The topological polar surface area (TPSA) is 66.6 Å². The standard InChI is InChI=1S/C10H14N2O3/c1-2-4-10(14)6-12(7-10)9(13)8-3-5-11-15-8/h3,5,14H,2,4,6-7H2,1H3. The lowest BCUT2D eigenvalue weighted by Crippen LogP contribution is -2.63. The lowest BCUT2D eigenvalue weighted by Gasteiger charge is -2.46. The number of aromatic nitrogens is 1. The van der Waals surface area contributed by atoms with E-state index in [1.165, 1.54) is 12.3 Å². The van der Waals surface area contributed by atoms with E-state index in [4.69, 9.17) is 4.52 Å². The SMILES string of the molecule is CCCC1(O)CN(C(=O)c2ccno2)C1. The molecule has 0 spiro atoms. The second-order valence-electron chi connectivity index (χ2n) is 4.01. The van der Waals surface area contributed by atoms with Crippen molar-refractivity contribution < 1.29 is 14.4 Å². The van der Waals surface area contributed by atoms with Crippen LogP contribution in [-0.4, -0.2) is 39.8 Å². The number of likely N-dealkylation sites (tertiary alicyclic amines) is 1. The van der Waals surface area contributed by atoms with Crippen molar-refractivity contribution >= 4 is 5.91 Å². The Morgan fingerprint density at radius 2 is 2.47 bits per heavy atom. The van der Waals surface area contributed by atoms with Crippen LogP contribution in [0.3, 0.4) is 0 Å². The highest BCUT2D eigenvalue weighted by molar-refractivity contribution is 5.92. The van der Waals surface area contributed by atoms with Crippen LogP contribution < -0.4 is 0 Å². The molecule has 1 saturated heterocycles. The summed E-state index contributed by atoms with van der Waals surface area (Å²) in [5.41, 5.74) is -0.690. The molecule has 0 radical (unpaired) electrons. The van der Waals surface area contributed by atoms with Gasteiger partial charge in [-0.25, -0.2) is 0 Å². The Labute approximate surface area is 87.7 Å². The van der Waals surface area contributed by atoms with Crippen LogP contribution in [0.5, 0.6) is 0 Å². The van der Waals surface area contributed by atoms with Gasteiger partial charge in [0, 0.05) is 6.07 Å². The minimum Gasteiger partial charge on any atom is -0.386 e. The Bertz CT molecular complexity index is 342. The molecule has 1 aliphatic rings. The maximum Gasteiger partial charge on any atom is 0.292 e. The van der Waals surface area contributed by atoms with Crippen molar-refractivity contribution in [3.63, 3.8) is 0 Å². The molecule has 0 aliphatic carbocycles. The molecule has 5 nitrogen and oxygen atoms in total. The molecule has 0 unspecified atom stereocenters. The highest BCUT2D eigenvalue weighted by atomic mass is 16.5. The van der Waals surface area contributed by atoms with E-state index in [2.05, 4.69) is 5.16 Å². The average molecular weight is 210 g/mol. The van der Waals surface area contributed by atoms with Gasteiger partial charge in [-0.05, 0) is 6.42 Å². The molecule has 1 aliphatic heterocycles. The summed E-state index contributed by atoms with van der Waals surface area (Å²) in [6.45, 7) is 2.79. The molecule has 2 heterocycles. The summed E-state index contributed by atoms with van der Waals surface area (Å²) in [7, 11) is 0. The van der Waals surface area contributed by atoms with Crippen LogP contribution in [0.25, 0.3) is 0 Å². The normalized spacial score (nSPS) is 18.7. The van der Waals surface area contributed by atoms with Crippen LogP contribution in [0.15, 0.2) is 16.8 Å². The van der Waals surface area contributed by atoms with E-state index in [0.29, 0.717) is 13.1 Å². The van der Waals surface area contributed by atoms with Crippen molar-refractivity contribution in [1.29, 1.82) is 0 Å². The summed E-state index contributed by atoms with van der Waals surface area (Å²) in [5.74, 6) is 0.0295. The van der Waals surface area contributed by atoms with Crippen LogP contribution in [0, 0.1) is 0 Å². The van der Waals surface area contributed by atoms with Gasteiger partial charge in [0.15, 0.2) is 0 Å². The van der Waals surface area contributed by atoms with Crippen molar-refractivity contribution in [2.24, 2.45) is 0 Å². The van der Waals surface area contributed by atoms with E-state index < -0.39 is 5.60 Å². The number of aliphatic hydroxyl groups is 1. The van der Waals surface area contributed by atoms with Crippen LogP contribution in [0.1, 0.15) is 30.3 Å². The molecule has 1 amide bonds. The minimum absolute atomic E-state index is 0.201.